The molecule has 0 aromatic heterocycles. The molecule has 1 unspecified atom stereocenters. The second-order valence-corrected chi connectivity index (χ2v) is 4.06. The predicted molar refractivity (Wildman–Crippen MR) is 52.6 cm³/mol. The first-order valence-electron chi connectivity index (χ1n) is 4.87. The summed E-state index contributed by atoms with van der Waals surface area (Å²) in [4.78, 5) is 13.2. The Hall–Kier alpha value is -0.680. The van der Waals surface area contributed by atoms with Crippen LogP contribution in [0.5, 0.6) is 0 Å². The smallest absolute Gasteiger partial charge is 0.260 e. The summed E-state index contributed by atoms with van der Waals surface area (Å²) < 4.78 is 13.4. The highest BCUT2D eigenvalue weighted by Gasteiger charge is 2.35. The van der Waals surface area contributed by atoms with E-state index in [1.165, 1.54) is 18.7 Å². The quantitative estimate of drug-likeness (QED) is 0.635. The number of hydrogen-bond donors (Lipinski definition) is 2. The number of carbonyl (C=O) groups is 1. The van der Waals surface area contributed by atoms with Crippen LogP contribution in [0.1, 0.15) is 13.8 Å². The van der Waals surface area contributed by atoms with Gasteiger partial charge in [0.15, 0.2) is 5.67 Å². The Bertz CT molecular complexity index is 215. The molecular formula is C9H18FN3O. The predicted octanol–water partition coefficient (Wildman–Crippen LogP) is -0.506. The summed E-state index contributed by atoms with van der Waals surface area (Å²) in [7, 11) is 0. The Morgan fingerprint density at radius 2 is 2.36 bits per heavy atom. The van der Waals surface area contributed by atoms with Crippen LogP contribution in [0.3, 0.4) is 0 Å². The number of nitrogens with zero attached hydrogens (tertiary/aromatic N) is 1. The minimum absolute atomic E-state index is 0.0775. The number of amides is 1. The number of nitrogens with two attached hydrogens (primary N) is 1. The normalized spacial score (nSPS) is 23.7. The fourth-order valence-corrected chi connectivity index (χ4v) is 1.58. The summed E-state index contributed by atoms with van der Waals surface area (Å²) in [6.07, 6.45) is 0. The van der Waals surface area contributed by atoms with Gasteiger partial charge in [0, 0.05) is 26.2 Å². The molecule has 1 aliphatic rings. The molecule has 1 amide bonds. The maximum atomic E-state index is 13.4. The second kappa shape index (κ2) is 4.23. The van der Waals surface area contributed by atoms with Crippen LogP contribution in [-0.4, -0.2) is 48.7 Å². The van der Waals surface area contributed by atoms with Gasteiger partial charge >= 0.3 is 0 Å². The number of carbonyl (C=O) groups excluding carboxylic acids is 1. The molecule has 1 fully saturated rings. The molecule has 1 saturated heterocycles. The van der Waals surface area contributed by atoms with Gasteiger partial charge < -0.3 is 16.0 Å². The zero-order chi connectivity index (χ0) is 10.8. The number of hydrogen-bond acceptors (Lipinski definition) is 3. The topological polar surface area (TPSA) is 58.4 Å². The van der Waals surface area contributed by atoms with E-state index in [2.05, 4.69) is 5.32 Å². The first kappa shape index (κ1) is 11.4. The van der Waals surface area contributed by atoms with E-state index < -0.39 is 11.6 Å². The van der Waals surface area contributed by atoms with E-state index in [0.717, 1.165) is 0 Å². The highest BCUT2D eigenvalue weighted by atomic mass is 19.1. The van der Waals surface area contributed by atoms with Gasteiger partial charge in [-0.2, -0.15) is 0 Å². The van der Waals surface area contributed by atoms with Crippen molar-refractivity contribution in [2.75, 3.05) is 26.2 Å². The van der Waals surface area contributed by atoms with Gasteiger partial charge in [-0.3, -0.25) is 4.79 Å². The minimum atomic E-state index is -1.80. The summed E-state index contributed by atoms with van der Waals surface area (Å²) in [5.74, 6) is -0.463. The number of halogens is 1. The van der Waals surface area contributed by atoms with E-state index in [-0.39, 0.29) is 6.04 Å². The third kappa shape index (κ3) is 2.42. The standard InChI is InChI=1S/C9H18FN3O/c1-9(2,10)8(14)13-4-3-12-6-7(13)5-11/h7,12H,3-6,11H2,1-2H3. The van der Waals surface area contributed by atoms with Crippen LogP contribution in [0.4, 0.5) is 4.39 Å². The lowest BCUT2D eigenvalue weighted by Crippen LogP contribution is -2.59. The molecule has 5 heteroatoms. The molecule has 0 aliphatic carbocycles. The van der Waals surface area contributed by atoms with Crippen molar-refractivity contribution in [3.05, 3.63) is 0 Å². The zero-order valence-electron chi connectivity index (χ0n) is 8.72. The fourth-order valence-electron chi connectivity index (χ4n) is 1.58. The second-order valence-electron chi connectivity index (χ2n) is 4.06. The molecule has 0 radical (unpaired) electrons. The number of alkyl halides is 1. The van der Waals surface area contributed by atoms with Crippen molar-refractivity contribution in [3.8, 4) is 0 Å². The van der Waals surface area contributed by atoms with E-state index in [9.17, 15) is 9.18 Å². The van der Waals surface area contributed by atoms with Gasteiger partial charge in [-0.15, -0.1) is 0 Å². The monoisotopic (exact) mass is 203 g/mol. The number of rotatable bonds is 2. The third-order valence-electron chi connectivity index (χ3n) is 2.39. The molecule has 82 valence electrons. The van der Waals surface area contributed by atoms with Gasteiger partial charge in [0.2, 0.25) is 0 Å². The Balaban J connectivity index is 2.69. The van der Waals surface area contributed by atoms with Crippen molar-refractivity contribution in [1.29, 1.82) is 0 Å². The van der Waals surface area contributed by atoms with E-state index >= 15 is 0 Å². The maximum Gasteiger partial charge on any atom is 0.260 e. The lowest BCUT2D eigenvalue weighted by molar-refractivity contribution is -0.145. The van der Waals surface area contributed by atoms with Crippen molar-refractivity contribution >= 4 is 5.91 Å². The third-order valence-corrected chi connectivity index (χ3v) is 2.39. The molecule has 1 heterocycles. The van der Waals surface area contributed by atoms with Gasteiger partial charge in [0.25, 0.3) is 5.91 Å². The average molecular weight is 203 g/mol. The zero-order valence-corrected chi connectivity index (χ0v) is 8.72. The molecular weight excluding hydrogens is 185 g/mol. The summed E-state index contributed by atoms with van der Waals surface area (Å²) in [5.41, 5.74) is 3.72. The van der Waals surface area contributed by atoms with Crippen LogP contribution in [0.2, 0.25) is 0 Å². The lowest BCUT2D eigenvalue weighted by Gasteiger charge is -2.37. The molecule has 0 aromatic carbocycles. The van der Waals surface area contributed by atoms with Gasteiger partial charge in [-0.05, 0) is 13.8 Å². The van der Waals surface area contributed by atoms with Gasteiger partial charge in [0.1, 0.15) is 0 Å². The fraction of sp³-hybridized carbons (Fsp3) is 0.889. The van der Waals surface area contributed by atoms with E-state index in [4.69, 9.17) is 5.73 Å². The van der Waals surface area contributed by atoms with Crippen LogP contribution in [0, 0.1) is 0 Å². The Labute approximate surface area is 83.6 Å². The van der Waals surface area contributed by atoms with Crippen molar-refractivity contribution in [1.82, 2.24) is 10.2 Å². The SMILES string of the molecule is CC(C)(F)C(=O)N1CCNCC1CN. The Morgan fingerprint density at radius 3 is 2.86 bits per heavy atom. The number of piperazine rings is 1. The van der Waals surface area contributed by atoms with Gasteiger partial charge in [-0.25, -0.2) is 4.39 Å². The molecule has 14 heavy (non-hydrogen) atoms. The molecule has 0 spiro atoms. The molecule has 3 N–H and O–H groups in total. The maximum absolute atomic E-state index is 13.4. The minimum Gasteiger partial charge on any atom is -0.333 e. The van der Waals surface area contributed by atoms with Crippen molar-refractivity contribution in [2.24, 2.45) is 5.73 Å². The van der Waals surface area contributed by atoms with Crippen LogP contribution < -0.4 is 11.1 Å². The lowest BCUT2D eigenvalue weighted by atomic mass is 10.1. The largest absolute Gasteiger partial charge is 0.333 e. The van der Waals surface area contributed by atoms with E-state index in [0.29, 0.717) is 26.2 Å². The van der Waals surface area contributed by atoms with Crippen LogP contribution in [-0.2, 0) is 4.79 Å². The molecule has 1 aliphatic heterocycles. The summed E-state index contributed by atoms with van der Waals surface area (Å²) in [5, 5.41) is 3.13. The number of nitrogens with one attached hydrogen (secondary N) is 1. The molecule has 0 bridgehead atoms. The highest BCUT2D eigenvalue weighted by Crippen LogP contribution is 2.15. The van der Waals surface area contributed by atoms with Crippen molar-refractivity contribution < 1.29 is 9.18 Å². The van der Waals surface area contributed by atoms with Crippen LogP contribution in [0.25, 0.3) is 0 Å². The average Bonchev–Trinajstić information content (AvgIpc) is 2.15. The summed E-state index contributed by atoms with van der Waals surface area (Å²) in [6.45, 7) is 4.83. The molecule has 0 saturated carbocycles. The van der Waals surface area contributed by atoms with Gasteiger partial charge in [-0.1, -0.05) is 0 Å². The first-order valence-corrected chi connectivity index (χ1v) is 4.87. The first-order chi connectivity index (χ1) is 6.46. The van der Waals surface area contributed by atoms with Crippen molar-refractivity contribution in [2.45, 2.75) is 25.6 Å². The molecule has 1 atom stereocenters. The van der Waals surface area contributed by atoms with Crippen LogP contribution >= 0.6 is 0 Å². The van der Waals surface area contributed by atoms with E-state index in [1.807, 2.05) is 0 Å². The molecule has 0 aromatic rings. The summed E-state index contributed by atoms with van der Waals surface area (Å²) >= 11 is 0. The van der Waals surface area contributed by atoms with E-state index in [1.54, 1.807) is 0 Å². The van der Waals surface area contributed by atoms with Crippen LogP contribution in [0.15, 0.2) is 0 Å². The highest BCUT2D eigenvalue weighted by molar-refractivity contribution is 5.84. The molecule has 1 rings (SSSR count). The Kier molecular flexibility index (Phi) is 3.44. The summed E-state index contributed by atoms with van der Waals surface area (Å²) in [6, 6.07) is -0.0775. The van der Waals surface area contributed by atoms with Gasteiger partial charge in [0.05, 0.1) is 6.04 Å². The Morgan fingerprint density at radius 1 is 1.71 bits per heavy atom. The molecule has 4 nitrogen and oxygen atoms in total. The van der Waals surface area contributed by atoms with Crippen molar-refractivity contribution in [3.63, 3.8) is 0 Å².